The maximum Gasteiger partial charge on any atom is 0.258 e. The number of sulfonamides is 5. The summed E-state index contributed by atoms with van der Waals surface area (Å²) in [4.78, 5) is 64.4. The van der Waals surface area contributed by atoms with Crippen molar-refractivity contribution in [2.24, 2.45) is 0 Å². The number of aliphatic hydroxyl groups is 1. The quantitative estimate of drug-likeness (QED) is 0.0331. The summed E-state index contributed by atoms with van der Waals surface area (Å²) in [5, 5.41) is 25.3. The molecule has 10 aromatic carbocycles. The molecule has 4 fully saturated rings. The van der Waals surface area contributed by atoms with Gasteiger partial charge in [-0.2, -0.15) is 21.5 Å². The first-order valence-electron chi connectivity index (χ1n) is 40.4. The minimum atomic E-state index is -3.87. The van der Waals surface area contributed by atoms with Crippen LogP contribution in [0.5, 0.6) is 0 Å². The summed E-state index contributed by atoms with van der Waals surface area (Å²) in [6, 6.07) is 61.9. The molecule has 0 bridgehead atoms. The number of para-hydroxylation sites is 5. The fourth-order valence-electron chi connectivity index (χ4n) is 13.2. The van der Waals surface area contributed by atoms with E-state index in [1.54, 1.807) is 128 Å². The summed E-state index contributed by atoms with van der Waals surface area (Å²) in [5.41, 5.74) is 6.45. The molecule has 0 spiro atoms. The van der Waals surface area contributed by atoms with Crippen molar-refractivity contribution in [1.29, 1.82) is 0 Å². The Morgan fingerprint density at radius 2 is 0.724 bits per heavy atom. The second kappa shape index (κ2) is 45.0. The number of piperazine rings is 2. The molecule has 4 saturated heterocycles. The molecule has 0 aliphatic carbocycles. The minimum absolute atomic E-state index is 0.0252. The Kier molecular flexibility index (Phi) is 34.7. The van der Waals surface area contributed by atoms with Gasteiger partial charge in [0.1, 0.15) is 36.1 Å². The zero-order valence-corrected chi connectivity index (χ0v) is 75.1. The molecule has 30 nitrogen and oxygen atoms in total. The number of aliphatic hydroxyl groups excluding tert-OH is 1. The molecule has 4 heterocycles. The van der Waals surface area contributed by atoms with Gasteiger partial charge >= 0.3 is 0 Å². The van der Waals surface area contributed by atoms with Gasteiger partial charge in [0.15, 0.2) is 0 Å². The van der Waals surface area contributed by atoms with Gasteiger partial charge in [-0.25, -0.2) is 50.9 Å². The third kappa shape index (κ3) is 26.0. The molecule has 1 atom stereocenters. The van der Waals surface area contributed by atoms with Gasteiger partial charge in [-0.3, -0.25) is 24.0 Å². The molecule has 127 heavy (non-hydrogen) atoms. The van der Waals surface area contributed by atoms with Gasteiger partial charge in [-0.05, 0) is 181 Å². The third-order valence-electron chi connectivity index (χ3n) is 20.5. The highest BCUT2D eigenvalue weighted by atomic mass is 32.2. The molecule has 5 amide bonds. The zero-order valence-electron chi connectivity index (χ0n) is 71.0. The maximum absolute atomic E-state index is 14.0. The Balaban J connectivity index is 0.000000166. The molecule has 10 aromatic rings. The molecule has 674 valence electrons. The Hall–Kier alpha value is -11.2. The predicted octanol–water partition coefficient (Wildman–Crippen LogP) is 10.8. The molecule has 14 rings (SSSR count). The van der Waals surface area contributed by atoms with Crippen molar-refractivity contribution in [3.05, 3.63) is 298 Å². The molecule has 1 unspecified atom stereocenters. The van der Waals surface area contributed by atoms with Gasteiger partial charge in [0, 0.05) is 114 Å². The molecule has 37 heteroatoms. The van der Waals surface area contributed by atoms with Gasteiger partial charge in [0.05, 0.1) is 67.0 Å². The number of aryl methyl sites for hydroxylation is 4. The Morgan fingerprint density at radius 3 is 1.10 bits per heavy atom. The van der Waals surface area contributed by atoms with Crippen molar-refractivity contribution in [1.82, 2.24) is 31.7 Å². The highest BCUT2D eigenvalue weighted by Crippen LogP contribution is 2.33. The van der Waals surface area contributed by atoms with Crippen LogP contribution < -0.4 is 31.9 Å². The van der Waals surface area contributed by atoms with Crippen molar-refractivity contribution in [3.63, 3.8) is 0 Å². The fourth-order valence-corrected chi connectivity index (χ4v) is 21.0. The van der Waals surface area contributed by atoms with Crippen LogP contribution in [-0.4, -0.2) is 235 Å². The molecule has 0 saturated carbocycles. The summed E-state index contributed by atoms with van der Waals surface area (Å²) >= 11 is 0. The number of morpholine rings is 2. The first-order chi connectivity index (χ1) is 60.5. The van der Waals surface area contributed by atoms with Crippen molar-refractivity contribution in [2.45, 2.75) is 65.1 Å². The largest absolute Gasteiger partial charge is 0.395 e. The predicted molar refractivity (Wildman–Crippen MR) is 482 cm³/mol. The Morgan fingerprint density at radius 1 is 0.402 bits per heavy atom. The summed E-state index contributed by atoms with van der Waals surface area (Å²) in [7, 11) is -15.4. The molecule has 0 aromatic heterocycles. The van der Waals surface area contributed by atoms with Crippen LogP contribution in [0.1, 0.15) is 81.0 Å². The molecular weight excluding hydrogens is 1740 g/mol. The van der Waals surface area contributed by atoms with Crippen LogP contribution in [0, 0.1) is 39.3 Å². The zero-order chi connectivity index (χ0) is 91.8. The van der Waals surface area contributed by atoms with E-state index in [1.807, 2.05) is 71.1 Å². The van der Waals surface area contributed by atoms with Crippen molar-refractivity contribution >= 4 is 108 Å². The normalized spacial score (nSPS) is 15.6. The number of likely N-dealkylation sites (N-methyl/N-ethyl adjacent to an activating group) is 2. The number of benzene rings is 10. The van der Waals surface area contributed by atoms with E-state index in [-0.39, 0.29) is 103 Å². The Labute approximate surface area is 740 Å². The summed E-state index contributed by atoms with van der Waals surface area (Å²) in [6.45, 7) is 15.5. The molecule has 4 aliphatic rings. The molecule has 0 radical (unpaired) electrons. The highest BCUT2D eigenvalue weighted by molar-refractivity contribution is 7.90. The first kappa shape index (κ1) is 97.9. The highest BCUT2D eigenvalue weighted by Gasteiger charge is 2.36. The number of nitrogens with zero attached hydrogens (tertiary/aromatic N) is 6. The van der Waals surface area contributed by atoms with E-state index in [0.29, 0.717) is 119 Å². The monoisotopic (exact) mass is 1840 g/mol. The average molecular weight is 1840 g/mol. The van der Waals surface area contributed by atoms with E-state index in [2.05, 4.69) is 36.8 Å². The van der Waals surface area contributed by atoms with Gasteiger partial charge < -0.3 is 51.4 Å². The van der Waals surface area contributed by atoms with Crippen molar-refractivity contribution in [2.75, 3.05) is 152 Å². The van der Waals surface area contributed by atoms with E-state index in [4.69, 9.17) is 14.6 Å². The van der Waals surface area contributed by atoms with Crippen molar-refractivity contribution in [3.8, 4) is 0 Å². The number of carbonyl (C=O) groups is 5. The lowest BCUT2D eigenvalue weighted by molar-refractivity contribution is 0.0393. The van der Waals surface area contributed by atoms with Crippen LogP contribution in [0.25, 0.3) is 0 Å². The van der Waals surface area contributed by atoms with Gasteiger partial charge in [-0.15, -0.1) is 0 Å². The SMILES string of the molecule is CN(CCO)S(=O)(=O)c1ccccc1NC(=O)c1ccc(F)cc1.Cc1ccc(C(=O)Nc2ccccc2S(=O)(=O)N2CCN(C)CC2)cc1.Cc1ccc(C(=O)Nc2ccccc2S(=O)(=O)N2CCNCC2)cc1.Cc1ccc(C(=O)Nc2ccccc2S(=O)(=O)N2CCOCC2)c(F)c1.Cc1ccc(C(=O)Nc2ccccc2S(=O)(=O)N2CCOCC2C)cc1. The van der Waals surface area contributed by atoms with Gasteiger partial charge in [0.25, 0.3) is 29.5 Å². The van der Waals surface area contributed by atoms with Crippen LogP contribution in [-0.2, 0) is 59.6 Å². The number of halogens is 2. The van der Waals surface area contributed by atoms with Crippen LogP contribution in [0.15, 0.2) is 261 Å². The van der Waals surface area contributed by atoms with E-state index >= 15 is 0 Å². The summed E-state index contributed by atoms with van der Waals surface area (Å²) in [5.74, 6) is -3.39. The van der Waals surface area contributed by atoms with Gasteiger partial charge in [-0.1, -0.05) is 120 Å². The summed E-state index contributed by atoms with van der Waals surface area (Å²) < 4.78 is 173. The lowest BCUT2D eigenvalue weighted by Gasteiger charge is -2.32. The topological polar surface area (TPSA) is 386 Å². The number of ether oxygens (including phenoxy) is 2. The maximum atomic E-state index is 14.0. The average Bonchev–Trinajstić information content (AvgIpc) is 0.803. The number of nitrogens with one attached hydrogen (secondary N) is 6. The fraction of sp³-hybridized carbons (Fsp3) is 0.278. The lowest BCUT2D eigenvalue weighted by Crippen LogP contribution is -2.47. The first-order valence-corrected chi connectivity index (χ1v) is 47.6. The van der Waals surface area contributed by atoms with E-state index in [1.165, 1.54) is 91.0 Å². The minimum Gasteiger partial charge on any atom is -0.395 e. The van der Waals surface area contributed by atoms with Crippen LogP contribution in [0.2, 0.25) is 0 Å². The smallest absolute Gasteiger partial charge is 0.258 e. The van der Waals surface area contributed by atoms with Crippen molar-refractivity contribution < 1.29 is 89.4 Å². The lowest BCUT2D eigenvalue weighted by atomic mass is 10.1. The van der Waals surface area contributed by atoms with Gasteiger partial charge in [0.2, 0.25) is 50.1 Å². The number of anilines is 5. The van der Waals surface area contributed by atoms with Crippen LogP contribution in [0.3, 0.4) is 0 Å². The molecule has 7 N–H and O–H groups in total. The van der Waals surface area contributed by atoms with E-state index < -0.39 is 73.6 Å². The van der Waals surface area contributed by atoms with E-state index in [0.717, 1.165) is 33.1 Å². The number of hydrogen-bond donors (Lipinski definition) is 7. The van der Waals surface area contributed by atoms with E-state index in [9.17, 15) is 74.8 Å². The standard InChI is InChI=1S/C19H23N3O3S.C19H22N2O4S.C18H19FN2O4S.C18H21N3O3S.C16H17FN2O4S/c1-15-7-9-16(10-8-15)19(23)20-17-5-3-4-6-18(17)26(24,25)22-13-11-21(2)12-14-22;1-14-7-9-16(10-8-14)19(22)20-17-5-3-4-6-18(17)26(23,24)21-11-12-25-13-15(21)2;1-13-6-7-14(15(19)12-13)18(22)20-16-4-2-3-5-17(16)26(23,24)21-8-10-25-11-9-21;1-14-6-8-15(9-7-14)18(22)20-16-4-2-3-5-17(16)25(23,24)21-12-10-19-11-13-21;1-19(10-11-20)24(22,23)15-5-3-2-4-14(15)18-16(21)12-6-8-13(17)9-7-12/h3-10H,11-14H2,1-2H3,(H,20,23);3-10,15H,11-13H2,1-2H3,(H,20,22);2-7,12H,8-11H2,1H3,(H,20,22);2-9,19H,10-13H2,1H3,(H,20,22);2-9,20H,10-11H2,1H3,(H,18,21). The van der Waals surface area contributed by atoms with Crippen LogP contribution >= 0.6 is 0 Å². The second-order valence-electron chi connectivity index (χ2n) is 29.8. The second-order valence-corrected chi connectivity index (χ2v) is 39.4. The number of carbonyl (C=O) groups excluding carboxylic acids is 5. The number of rotatable bonds is 22. The van der Waals surface area contributed by atoms with Crippen LogP contribution in [0.4, 0.5) is 37.2 Å². The Bertz CT molecular complexity index is 6110. The number of amides is 5. The molecular formula is C90H102F2N12O18S5. The molecule has 4 aliphatic heterocycles. The third-order valence-corrected chi connectivity index (χ3v) is 30.3. The summed E-state index contributed by atoms with van der Waals surface area (Å²) in [6.07, 6.45) is 0. The number of hydrogen-bond acceptors (Lipinski definition) is 20.